The molecule has 1 unspecified atom stereocenters. The summed E-state index contributed by atoms with van der Waals surface area (Å²) in [6, 6.07) is 5.90. The van der Waals surface area contributed by atoms with Crippen molar-refractivity contribution < 1.29 is 4.74 Å². The second kappa shape index (κ2) is 8.71. The smallest absolute Gasteiger partial charge is 0.225 e. The van der Waals surface area contributed by atoms with Gasteiger partial charge in [0.25, 0.3) is 0 Å². The first-order valence-electron chi connectivity index (χ1n) is 10.5. The van der Waals surface area contributed by atoms with Crippen LogP contribution < -0.4 is 9.80 Å². The molecule has 0 aromatic carbocycles. The molecule has 5 rings (SSSR count). The minimum Gasteiger partial charge on any atom is -0.378 e. The van der Waals surface area contributed by atoms with Crippen molar-refractivity contribution in [3.63, 3.8) is 0 Å². The van der Waals surface area contributed by atoms with Crippen molar-refractivity contribution in [3.05, 3.63) is 54.9 Å². The maximum Gasteiger partial charge on any atom is 0.225 e. The summed E-state index contributed by atoms with van der Waals surface area (Å²) in [5.74, 6) is 1.86. The van der Waals surface area contributed by atoms with Gasteiger partial charge in [-0.05, 0) is 36.6 Å². The Labute approximate surface area is 176 Å². The van der Waals surface area contributed by atoms with Crippen LogP contribution in [0.4, 0.5) is 11.9 Å². The van der Waals surface area contributed by atoms with Crippen molar-refractivity contribution in [1.29, 1.82) is 0 Å². The van der Waals surface area contributed by atoms with Crippen LogP contribution >= 0.6 is 0 Å². The fourth-order valence-corrected chi connectivity index (χ4v) is 4.20. The normalized spacial score (nSPS) is 19.7. The van der Waals surface area contributed by atoms with E-state index in [-0.39, 0.29) is 5.92 Å². The molecular formula is C22H25N7O. The quantitative estimate of drug-likeness (QED) is 0.658. The number of nitrogens with zero attached hydrogens (tertiary/aromatic N) is 7. The van der Waals surface area contributed by atoms with Crippen LogP contribution in [0.25, 0.3) is 11.1 Å². The third kappa shape index (κ3) is 3.95. The second-order valence-corrected chi connectivity index (χ2v) is 7.64. The molecule has 8 heteroatoms. The van der Waals surface area contributed by atoms with Gasteiger partial charge in [0.1, 0.15) is 0 Å². The van der Waals surface area contributed by atoms with E-state index in [0.717, 1.165) is 67.7 Å². The highest BCUT2D eigenvalue weighted by Crippen LogP contribution is 2.34. The van der Waals surface area contributed by atoms with Crippen molar-refractivity contribution in [2.24, 2.45) is 0 Å². The Morgan fingerprint density at radius 1 is 0.867 bits per heavy atom. The summed E-state index contributed by atoms with van der Waals surface area (Å²) in [5.41, 5.74) is 3.27. The number of pyridine rings is 1. The highest BCUT2D eigenvalue weighted by Gasteiger charge is 2.28. The number of morpholine rings is 1. The van der Waals surface area contributed by atoms with E-state index in [1.54, 1.807) is 12.4 Å². The van der Waals surface area contributed by atoms with Crippen LogP contribution in [0.3, 0.4) is 0 Å². The number of ether oxygens (including phenoxy) is 1. The highest BCUT2D eigenvalue weighted by molar-refractivity contribution is 5.66. The Balaban J connectivity index is 1.50. The van der Waals surface area contributed by atoms with Crippen LogP contribution in [0.1, 0.15) is 24.5 Å². The number of aromatic nitrogens is 5. The van der Waals surface area contributed by atoms with E-state index in [9.17, 15) is 0 Å². The summed E-state index contributed by atoms with van der Waals surface area (Å²) in [4.78, 5) is 27.4. The van der Waals surface area contributed by atoms with Crippen LogP contribution in [-0.4, -0.2) is 64.3 Å². The number of hydrogen-bond donors (Lipinski definition) is 0. The summed E-state index contributed by atoms with van der Waals surface area (Å²) in [6.45, 7) is 4.89. The van der Waals surface area contributed by atoms with E-state index in [1.807, 2.05) is 36.8 Å². The molecule has 2 saturated heterocycles. The molecule has 3 aromatic rings. The molecule has 2 aliphatic rings. The van der Waals surface area contributed by atoms with Crippen molar-refractivity contribution >= 4 is 11.9 Å². The minimum atomic E-state index is 0.286. The van der Waals surface area contributed by atoms with Crippen LogP contribution in [0.15, 0.2) is 49.2 Å². The monoisotopic (exact) mass is 403 g/mol. The molecule has 0 N–H and O–H groups in total. The standard InChI is InChI=1S/C22H25N7O/c1-3-18(16-29(10-1)21-24-6-2-7-25-21)20-19(17-4-8-23-9-5-17)15-26-22(27-20)28-11-13-30-14-12-28/h2,4-9,15,18H,1,3,10-14,16H2. The average molecular weight is 403 g/mol. The van der Waals surface area contributed by atoms with Gasteiger partial charge in [0.15, 0.2) is 0 Å². The molecule has 0 radical (unpaired) electrons. The van der Waals surface area contributed by atoms with E-state index in [4.69, 9.17) is 14.7 Å². The SMILES string of the molecule is c1cnc(N2CCCC(c3nc(N4CCOCC4)ncc3-c3ccncc3)C2)nc1. The van der Waals surface area contributed by atoms with Gasteiger partial charge in [0.2, 0.25) is 11.9 Å². The summed E-state index contributed by atoms with van der Waals surface area (Å²) < 4.78 is 5.50. The average Bonchev–Trinajstić information content (AvgIpc) is 2.85. The van der Waals surface area contributed by atoms with Gasteiger partial charge in [-0.2, -0.15) is 0 Å². The molecule has 5 heterocycles. The first-order chi connectivity index (χ1) is 14.9. The zero-order valence-electron chi connectivity index (χ0n) is 16.9. The molecule has 0 aliphatic carbocycles. The minimum absolute atomic E-state index is 0.286. The fraction of sp³-hybridized carbons (Fsp3) is 0.409. The lowest BCUT2D eigenvalue weighted by Gasteiger charge is -2.34. The summed E-state index contributed by atoms with van der Waals surface area (Å²) in [5, 5.41) is 0. The number of rotatable bonds is 4. The number of piperidine rings is 1. The van der Waals surface area contributed by atoms with Crippen LogP contribution in [0.5, 0.6) is 0 Å². The van der Waals surface area contributed by atoms with Crippen LogP contribution in [0.2, 0.25) is 0 Å². The van der Waals surface area contributed by atoms with Gasteiger partial charge >= 0.3 is 0 Å². The lowest BCUT2D eigenvalue weighted by atomic mass is 9.90. The van der Waals surface area contributed by atoms with Crippen molar-refractivity contribution in [1.82, 2.24) is 24.9 Å². The highest BCUT2D eigenvalue weighted by atomic mass is 16.5. The maximum atomic E-state index is 5.50. The van der Waals surface area contributed by atoms with Gasteiger partial charge in [-0.15, -0.1) is 0 Å². The molecule has 0 amide bonds. The van der Waals surface area contributed by atoms with Crippen molar-refractivity contribution in [3.8, 4) is 11.1 Å². The summed E-state index contributed by atoms with van der Waals surface area (Å²) in [6.07, 6.45) is 11.4. The lowest BCUT2D eigenvalue weighted by Crippen LogP contribution is -2.38. The first kappa shape index (κ1) is 18.9. The van der Waals surface area contributed by atoms with Crippen molar-refractivity contribution in [2.45, 2.75) is 18.8 Å². The molecular weight excluding hydrogens is 378 g/mol. The molecule has 1 atom stereocenters. The van der Waals surface area contributed by atoms with E-state index in [2.05, 4.69) is 24.8 Å². The Hall–Kier alpha value is -3.13. The number of anilines is 2. The first-order valence-corrected chi connectivity index (χ1v) is 10.5. The Bertz CT molecular complexity index is 964. The topological polar surface area (TPSA) is 80.2 Å². The molecule has 2 aliphatic heterocycles. The Kier molecular flexibility index (Phi) is 5.48. The summed E-state index contributed by atoms with van der Waals surface area (Å²) in [7, 11) is 0. The Morgan fingerprint density at radius 3 is 2.47 bits per heavy atom. The van der Waals surface area contributed by atoms with Crippen LogP contribution in [-0.2, 0) is 4.74 Å². The van der Waals surface area contributed by atoms with E-state index < -0.39 is 0 Å². The van der Waals surface area contributed by atoms with Gasteiger partial charge in [0.05, 0.1) is 18.9 Å². The second-order valence-electron chi connectivity index (χ2n) is 7.64. The molecule has 0 spiro atoms. The van der Waals surface area contributed by atoms with E-state index >= 15 is 0 Å². The predicted octanol–water partition coefficient (Wildman–Crippen LogP) is 2.55. The van der Waals surface area contributed by atoms with Gasteiger partial charge in [-0.25, -0.2) is 19.9 Å². The molecule has 30 heavy (non-hydrogen) atoms. The zero-order valence-corrected chi connectivity index (χ0v) is 16.9. The third-order valence-electron chi connectivity index (χ3n) is 5.73. The van der Waals surface area contributed by atoms with Gasteiger partial charge in [0, 0.05) is 68.6 Å². The van der Waals surface area contributed by atoms with Gasteiger partial charge in [-0.1, -0.05) is 0 Å². The van der Waals surface area contributed by atoms with Gasteiger partial charge < -0.3 is 14.5 Å². The molecule has 0 saturated carbocycles. The summed E-state index contributed by atoms with van der Waals surface area (Å²) >= 11 is 0. The molecule has 8 nitrogen and oxygen atoms in total. The third-order valence-corrected chi connectivity index (χ3v) is 5.73. The predicted molar refractivity (Wildman–Crippen MR) is 115 cm³/mol. The molecule has 0 bridgehead atoms. The van der Waals surface area contributed by atoms with E-state index in [1.165, 1.54) is 0 Å². The molecule has 3 aromatic heterocycles. The maximum absolute atomic E-state index is 5.50. The zero-order chi connectivity index (χ0) is 20.2. The largest absolute Gasteiger partial charge is 0.378 e. The van der Waals surface area contributed by atoms with Gasteiger partial charge in [-0.3, -0.25) is 4.98 Å². The molecule has 154 valence electrons. The van der Waals surface area contributed by atoms with Crippen molar-refractivity contribution in [2.75, 3.05) is 49.2 Å². The lowest BCUT2D eigenvalue weighted by molar-refractivity contribution is 0.122. The Morgan fingerprint density at radius 2 is 1.67 bits per heavy atom. The van der Waals surface area contributed by atoms with Crippen LogP contribution in [0, 0.1) is 0 Å². The number of hydrogen-bond acceptors (Lipinski definition) is 8. The fourth-order valence-electron chi connectivity index (χ4n) is 4.20. The molecule has 2 fully saturated rings. The van der Waals surface area contributed by atoms with E-state index in [0.29, 0.717) is 13.2 Å².